The molecule has 0 bridgehead atoms. The first-order valence-corrected chi connectivity index (χ1v) is 12.6. The van der Waals surface area contributed by atoms with Gasteiger partial charge in [0.2, 0.25) is 5.95 Å². The summed E-state index contributed by atoms with van der Waals surface area (Å²) in [5.74, 6) is 1.85. The highest BCUT2D eigenvalue weighted by atomic mass is 35.5. The van der Waals surface area contributed by atoms with Crippen LogP contribution in [0.4, 0.5) is 17.3 Å². The standard InChI is InChI=1S/C27H31ClN6O3/c1-18(35)17-32-10-12-33(13-11-32)20-5-7-23(26(15-20)37-3)30-27-29-16-21-6-8-24(34(21)31-27)22-14-19(28)4-9-25(22)36-2/h4-9,14-16,18,35H,10-13,17H2,1-3H3,(H,30,31). The molecule has 4 aromatic rings. The van der Waals surface area contributed by atoms with E-state index >= 15 is 0 Å². The van der Waals surface area contributed by atoms with Gasteiger partial charge >= 0.3 is 0 Å². The summed E-state index contributed by atoms with van der Waals surface area (Å²) in [6.07, 6.45) is 1.46. The number of piperazine rings is 1. The SMILES string of the molecule is COc1cc(N2CCN(CC(C)O)CC2)ccc1Nc1ncc2ccc(-c3cc(Cl)ccc3OC)n2n1. The van der Waals surface area contributed by atoms with Crippen LogP contribution in [0, 0.1) is 0 Å². The van der Waals surface area contributed by atoms with Crippen molar-refractivity contribution in [1.82, 2.24) is 19.5 Å². The van der Waals surface area contributed by atoms with Gasteiger partial charge < -0.3 is 24.8 Å². The van der Waals surface area contributed by atoms with E-state index in [-0.39, 0.29) is 6.10 Å². The van der Waals surface area contributed by atoms with Gasteiger partial charge in [-0.05, 0) is 49.4 Å². The van der Waals surface area contributed by atoms with Crippen LogP contribution in [0.5, 0.6) is 11.5 Å². The first-order chi connectivity index (χ1) is 17.9. The fourth-order valence-corrected chi connectivity index (χ4v) is 4.88. The highest BCUT2D eigenvalue weighted by molar-refractivity contribution is 6.31. The van der Waals surface area contributed by atoms with E-state index in [1.165, 1.54) is 0 Å². The summed E-state index contributed by atoms with van der Waals surface area (Å²) in [6.45, 7) is 6.15. The van der Waals surface area contributed by atoms with Gasteiger partial charge in [-0.3, -0.25) is 4.90 Å². The zero-order chi connectivity index (χ0) is 25.9. The summed E-state index contributed by atoms with van der Waals surface area (Å²) < 4.78 is 13.1. The Balaban J connectivity index is 1.38. The number of β-amino-alcohol motifs (C(OH)–C–C–N with tert-alkyl or cyclic N) is 1. The van der Waals surface area contributed by atoms with E-state index < -0.39 is 0 Å². The zero-order valence-electron chi connectivity index (χ0n) is 21.2. The maximum Gasteiger partial charge on any atom is 0.245 e. The monoisotopic (exact) mass is 522 g/mol. The summed E-state index contributed by atoms with van der Waals surface area (Å²) in [6, 6.07) is 15.5. The van der Waals surface area contributed by atoms with E-state index in [0.717, 1.165) is 54.3 Å². The smallest absolute Gasteiger partial charge is 0.245 e. The van der Waals surface area contributed by atoms with Crippen LogP contribution in [-0.4, -0.2) is 77.7 Å². The van der Waals surface area contributed by atoms with Crippen molar-refractivity contribution in [2.45, 2.75) is 13.0 Å². The maximum absolute atomic E-state index is 9.66. The van der Waals surface area contributed by atoms with E-state index in [9.17, 15) is 5.11 Å². The molecule has 1 saturated heterocycles. The van der Waals surface area contributed by atoms with Crippen LogP contribution in [0.2, 0.25) is 5.02 Å². The maximum atomic E-state index is 9.66. The van der Waals surface area contributed by atoms with Crippen LogP contribution >= 0.6 is 11.6 Å². The Bertz CT molecular complexity index is 1380. The molecule has 10 heteroatoms. The van der Waals surface area contributed by atoms with Crippen molar-refractivity contribution in [2.75, 3.05) is 57.2 Å². The van der Waals surface area contributed by atoms with Gasteiger partial charge in [-0.15, -0.1) is 5.10 Å². The molecular weight excluding hydrogens is 492 g/mol. The summed E-state index contributed by atoms with van der Waals surface area (Å²) in [5, 5.41) is 18.3. The van der Waals surface area contributed by atoms with Crippen LogP contribution in [0.1, 0.15) is 6.92 Å². The molecule has 1 fully saturated rings. The molecule has 0 amide bonds. The number of aliphatic hydroxyl groups is 1. The normalized spacial score (nSPS) is 15.1. The van der Waals surface area contributed by atoms with E-state index in [1.807, 2.05) is 47.8 Å². The van der Waals surface area contributed by atoms with Crippen LogP contribution in [-0.2, 0) is 0 Å². The van der Waals surface area contributed by atoms with Crippen molar-refractivity contribution in [1.29, 1.82) is 0 Å². The number of rotatable bonds is 8. The lowest BCUT2D eigenvalue weighted by atomic mass is 10.1. The molecule has 1 aliphatic rings. The molecule has 0 saturated carbocycles. The Morgan fingerprint density at radius 2 is 1.78 bits per heavy atom. The van der Waals surface area contributed by atoms with Crippen LogP contribution in [0.15, 0.2) is 54.7 Å². The number of hydrogen-bond donors (Lipinski definition) is 2. The summed E-state index contributed by atoms with van der Waals surface area (Å²) >= 11 is 6.27. The highest BCUT2D eigenvalue weighted by Crippen LogP contribution is 2.34. The average molecular weight is 523 g/mol. The molecule has 9 nitrogen and oxygen atoms in total. The number of halogens is 1. The molecule has 2 aromatic carbocycles. The molecule has 37 heavy (non-hydrogen) atoms. The molecule has 1 aliphatic heterocycles. The number of hydrogen-bond acceptors (Lipinski definition) is 8. The number of nitrogens with zero attached hydrogens (tertiary/aromatic N) is 5. The van der Waals surface area contributed by atoms with Crippen LogP contribution < -0.4 is 19.7 Å². The second-order valence-electron chi connectivity index (χ2n) is 9.13. The van der Waals surface area contributed by atoms with Crippen molar-refractivity contribution >= 4 is 34.4 Å². The second kappa shape index (κ2) is 10.8. The van der Waals surface area contributed by atoms with Gasteiger partial charge in [0, 0.05) is 55.1 Å². The Morgan fingerprint density at radius 3 is 2.51 bits per heavy atom. The number of methoxy groups -OCH3 is 2. The Morgan fingerprint density at radius 1 is 1.00 bits per heavy atom. The van der Waals surface area contributed by atoms with Gasteiger partial charge in [-0.2, -0.15) is 0 Å². The van der Waals surface area contributed by atoms with Gasteiger partial charge in [0.1, 0.15) is 11.5 Å². The zero-order valence-corrected chi connectivity index (χ0v) is 21.9. The molecule has 2 N–H and O–H groups in total. The Labute approximate surface area is 221 Å². The number of anilines is 3. The summed E-state index contributed by atoms with van der Waals surface area (Å²) in [4.78, 5) is 9.12. The van der Waals surface area contributed by atoms with Gasteiger partial charge in [-0.1, -0.05) is 11.6 Å². The van der Waals surface area contributed by atoms with Gasteiger partial charge in [0.15, 0.2) is 0 Å². The molecule has 0 spiro atoms. The van der Waals surface area contributed by atoms with Crippen molar-refractivity contribution in [3.8, 4) is 22.8 Å². The van der Waals surface area contributed by atoms with E-state index in [4.69, 9.17) is 26.2 Å². The molecule has 0 aliphatic carbocycles. The largest absolute Gasteiger partial charge is 0.496 e. The lowest BCUT2D eigenvalue weighted by Gasteiger charge is -2.36. The third-order valence-electron chi connectivity index (χ3n) is 6.53. The molecule has 2 aromatic heterocycles. The van der Waals surface area contributed by atoms with Crippen LogP contribution in [0.3, 0.4) is 0 Å². The lowest BCUT2D eigenvalue weighted by Crippen LogP contribution is -2.48. The molecule has 194 valence electrons. The number of aromatic nitrogens is 3. The fourth-order valence-electron chi connectivity index (χ4n) is 4.71. The summed E-state index contributed by atoms with van der Waals surface area (Å²) in [5.41, 5.74) is 4.40. The summed E-state index contributed by atoms with van der Waals surface area (Å²) in [7, 11) is 3.29. The molecule has 1 unspecified atom stereocenters. The Kier molecular flexibility index (Phi) is 7.36. The number of fused-ring (bicyclic) bond motifs is 1. The van der Waals surface area contributed by atoms with Crippen molar-refractivity contribution in [3.63, 3.8) is 0 Å². The quantitative estimate of drug-likeness (QED) is 0.354. The number of benzene rings is 2. The minimum absolute atomic E-state index is 0.311. The van der Waals surface area contributed by atoms with Gasteiger partial charge in [0.05, 0.1) is 43.4 Å². The molecule has 0 radical (unpaired) electrons. The number of nitrogens with one attached hydrogen (secondary N) is 1. The third-order valence-corrected chi connectivity index (χ3v) is 6.76. The predicted octanol–water partition coefficient (Wildman–Crippen LogP) is 4.31. The minimum atomic E-state index is -0.311. The third kappa shape index (κ3) is 5.44. The van der Waals surface area contributed by atoms with E-state index in [1.54, 1.807) is 26.5 Å². The second-order valence-corrected chi connectivity index (χ2v) is 9.56. The highest BCUT2D eigenvalue weighted by Gasteiger charge is 2.20. The first kappa shape index (κ1) is 25.1. The average Bonchev–Trinajstić information content (AvgIpc) is 3.32. The molecule has 5 rings (SSSR count). The number of ether oxygens (including phenoxy) is 2. The van der Waals surface area contributed by atoms with Crippen molar-refractivity contribution in [3.05, 3.63) is 59.8 Å². The van der Waals surface area contributed by atoms with E-state index in [2.05, 4.69) is 26.2 Å². The Hall–Kier alpha value is -3.53. The molecule has 1 atom stereocenters. The van der Waals surface area contributed by atoms with Crippen LogP contribution in [0.25, 0.3) is 16.8 Å². The van der Waals surface area contributed by atoms with E-state index in [0.29, 0.717) is 29.0 Å². The van der Waals surface area contributed by atoms with Crippen molar-refractivity contribution < 1.29 is 14.6 Å². The minimum Gasteiger partial charge on any atom is -0.496 e. The predicted molar refractivity (Wildman–Crippen MR) is 147 cm³/mol. The molecule has 3 heterocycles. The van der Waals surface area contributed by atoms with Gasteiger partial charge in [-0.25, -0.2) is 9.50 Å². The molecular formula is C27H31ClN6O3. The number of aliphatic hydroxyl groups excluding tert-OH is 1. The van der Waals surface area contributed by atoms with Gasteiger partial charge in [0.25, 0.3) is 0 Å². The lowest BCUT2D eigenvalue weighted by molar-refractivity contribution is 0.122. The van der Waals surface area contributed by atoms with Crippen molar-refractivity contribution in [2.24, 2.45) is 0 Å². The first-order valence-electron chi connectivity index (χ1n) is 12.2. The fraction of sp³-hybridized carbons (Fsp3) is 0.333. The topological polar surface area (TPSA) is 87.4 Å².